The highest BCUT2D eigenvalue weighted by molar-refractivity contribution is 5.73. The average molecular weight is 260 g/mol. The van der Waals surface area contributed by atoms with Gasteiger partial charge in [0.25, 0.3) is 5.56 Å². The van der Waals surface area contributed by atoms with Crippen LogP contribution in [0.15, 0.2) is 23.0 Å². The average Bonchev–Trinajstić information content (AvgIpc) is 2.42. The molecule has 1 aromatic carbocycles. The molecule has 0 fully saturated rings. The van der Waals surface area contributed by atoms with Crippen LogP contribution in [0, 0.1) is 13.8 Å². The van der Waals surface area contributed by atoms with E-state index in [0.717, 1.165) is 11.4 Å². The van der Waals surface area contributed by atoms with Crippen molar-refractivity contribution in [2.75, 3.05) is 14.2 Å². The van der Waals surface area contributed by atoms with Gasteiger partial charge in [-0.15, -0.1) is 0 Å². The zero-order valence-electron chi connectivity index (χ0n) is 11.4. The number of rotatable bonds is 3. The molecular weight excluding hydrogens is 244 g/mol. The number of nitrogens with one attached hydrogen (secondary N) is 1. The van der Waals surface area contributed by atoms with Gasteiger partial charge in [-0.1, -0.05) is 6.07 Å². The fraction of sp³-hybridized carbons (Fsp3) is 0.286. The molecule has 0 spiro atoms. The number of aromatic amines is 1. The van der Waals surface area contributed by atoms with E-state index in [2.05, 4.69) is 9.97 Å². The fourth-order valence-electron chi connectivity index (χ4n) is 1.88. The Morgan fingerprint density at radius 2 is 1.68 bits per heavy atom. The molecular formula is C14H16N2O3. The minimum Gasteiger partial charge on any atom is -0.496 e. The van der Waals surface area contributed by atoms with E-state index in [1.807, 2.05) is 13.8 Å². The molecule has 2 rings (SSSR count). The first-order chi connectivity index (χ1) is 9.08. The van der Waals surface area contributed by atoms with Crippen molar-refractivity contribution in [2.45, 2.75) is 13.8 Å². The van der Waals surface area contributed by atoms with Crippen molar-refractivity contribution in [1.82, 2.24) is 9.97 Å². The smallest absolute Gasteiger partial charge is 0.274 e. The standard InChI is InChI=1S/C14H16N2O3/c1-8-9(2)16-14(17)13(15-8)12-10(18-3)6-5-7-11(12)19-4/h5-7H,1-4H3,(H,16,17). The molecule has 5 nitrogen and oxygen atoms in total. The Kier molecular flexibility index (Phi) is 3.55. The second kappa shape index (κ2) is 5.14. The summed E-state index contributed by atoms with van der Waals surface area (Å²) in [5.74, 6) is 1.11. The van der Waals surface area contributed by atoms with Crippen LogP contribution in [0.5, 0.6) is 11.5 Å². The number of hydrogen-bond donors (Lipinski definition) is 1. The molecule has 0 saturated heterocycles. The van der Waals surface area contributed by atoms with Gasteiger partial charge in [0.2, 0.25) is 0 Å². The number of benzene rings is 1. The Balaban J connectivity index is 2.78. The second-order valence-corrected chi connectivity index (χ2v) is 4.16. The minimum atomic E-state index is -0.258. The lowest BCUT2D eigenvalue weighted by Gasteiger charge is -2.12. The first-order valence-corrected chi connectivity index (χ1v) is 5.87. The molecule has 1 aromatic heterocycles. The second-order valence-electron chi connectivity index (χ2n) is 4.16. The van der Waals surface area contributed by atoms with E-state index in [-0.39, 0.29) is 5.56 Å². The van der Waals surface area contributed by atoms with E-state index in [4.69, 9.17) is 9.47 Å². The molecule has 0 radical (unpaired) electrons. The number of aromatic nitrogens is 2. The third-order valence-electron chi connectivity index (χ3n) is 3.00. The fourth-order valence-corrected chi connectivity index (χ4v) is 1.88. The van der Waals surface area contributed by atoms with Crippen LogP contribution in [0.3, 0.4) is 0 Å². The molecule has 19 heavy (non-hydrogen) atoms. The summed E-state index contributed by atoms with van der Waals surface area (Å²) in [7, 11) is 3.10. The third-order valence-corrected chi connectivity index (χ3v) is 3.00. The largest absolute Gasteiger partial charge is 0.496 e. The summed E-state index contributed by atoms with van der Waals surface area (Å²) in [4.78, 5) is 19.2. The summed E-state index contributed by atoms with van der Waals surface area (Å²) in [6.45, 7) is 3.66. The molecule has 1 heterocycles. The monoisotopic (exact) mass is 260 g/mol. The van der Waals surface area contributed by atoms with Gasteiger partial charge in [-0.05, 0) is 26.0 Å². The lowest BCUT2D eigenvalue weighted by atomic mass is 10.1. The van der Waals surface area contributed by atoms with Crippen molar-refractivity contribution in [3.8, 4) is 22.8 Å². The first kappa shape index (κ1) is 13.1. The molecule has 0 amide bonds. The van der Waals surface area contributed by atoms with Crippen molar-refractivity contribution in [3.63, 3.8) is 0 Å². The quantitative estimate of drug-likeness (QED) is 0.917. The van der Waals surface area contributed by atoms with Crippen LogP contribution in [0.2, 0.25) is 0 Å². The SMILES string of the molecule is COc1cccc(OC)c1-c1nc(C)c(C)[nH]c1=O. The normalized spacial score (nSPS) is 10.3. The van der Waals surface area contributed by atoms with Gasteiger partial charge >= 0.3 is 0 Å². The molecule has 100 valence electrons. The Morgan fingerprint density at radius 1 is 1.11 bits per heavy atom. The van der Waals surface area contributed by atoms with Gasteiger partial charge in [0.1, 0.15) is 17.2 Å². The lowest BCUT2D eigenvalue weighted by Crippen LogP contribution is -2.15. The molecule has 1 N–H and O–H groups in total. The van der Waals surface area contributed by atoms with Crippen molar-refractivity contribution < 1.29 is 9.47 Å². The Hall–Kier alpha value is -2.30. The molecule has 0 unspecified atom stereocenters. The van der Waals surface area contributed by atoms with Crippen LogP contribution < -0.4 is 15.0 Å². The van der Waals surface area contributed by atoms with Gasteiger partial charge in [-0.2, -0.15) is 0 Å². The topological polar surface area (TPSA) is 64.2 Å². The predicted molar refractivity (Wildman–Crippen MR) is 72.9 cm³/mol. The van der Waals surface area contributed by atoms with E-state index in [1.165, 1.54) is 0 Å². The van der Waals surface area contributed by atoms with Crippen LogP contribution >= 0.6 is 0 Å². The van der Waals surface area contributed by atoms with Crippen LogP contribution in [0.1, 0.15) is 11.4 Å². The Bertz CT molecular complexity index is 640. The summed E-state index contributed by atoms with van der Waals surface area (Å²) in [5.41, 5.74) is 2.13. The van der Waals surface area contributed by atoms with E-state index in [0.29, 0.717) is 22.8 Å². The molecule has 0 aliphatic carbocycles. The van der Waals surface area contributed by atoms with Gasteiger partial charge in [-0.25, -0.2) is 4.98 Å². The number of H-pyrrole nitrogens is 1. The highest BCUT2D eigenvalue weighted by atomic mass is 16.5. The molecule has 0 saturated carbocycles. The van der Waals surface area contributed by atoms with Crippen LogP contribution in [0.25, 0.3) is 11.3 Å². The summed E-state index contributed by atoms with van der Waals surface area (Å²) < 4.78 is 10.6. The molecule has 2 aromatic rings. The van der Waals surface area contributed by atoms with E-state index in [1.54, 1.807) is 32.4 Å². The van der Waals surface area contributed by atoms with Crippen molar-refractivity contribution in [1.29, 1.82) is 0 Å². The summed E-state index contributed by atoms with van der Waals surface area (Å²) in [6, 6.07) is 5.35. The summed E-state index contributed by atoms with van der Waals surface area (Å²) in [5, 5.41) is 0. The maximum atomic E-state index is 12.1. The number of ether oxygens (including phenoxy) is 2. The van der Waals surface area contributed by atoms with Gasteiger partial charge in [-0.3, -0.25) is 4.79 Å². The Labute approximate surface area is 111 Å². The third kappa shape index (κ3) is 2.31. The number of aryl methyl sites for hydroxylation is 2. The molecule has 0 bridgehead atoms. The highest BCUT2D eigenvalue weighted by Crippen LogP contribution is 2.35. The van der Waals surface area contributed by atoms with Gasteiger partial charge < -0.3 is 14.5 Å². The van der Waals surface area contributed by atoms with Gasteiger partial charge in [0.05, 0.1) is 25.5 Å². The van der Waals surface area contributed by atoms with Gasteiger partial charge in [0.15, 0.2) is 0 Å². The first-order valence-electron chi connectivity index (χ1n) is 5.87. The van der Waals surface area contributed by atoms with E-state index >= 15 is 0 Å². The number of methoxy groups -OCH3 is 2. The zero-order valence-corrected chi connectivity index (χ0v) is 11.4. The summed E-state index contributed by atoms with van der Waals surface area (Å²) >= 11 is 0. The van der Waals surface area contributed by atoms with Crippen LogP contribution in [-0.2, 0) is 0 Å². The molecule has 5 heteroatoms. The minimum absolute atomic E-state index is 0.258. The predicted octanol–water partition coefficient (Wildman–Crippen LogP) is 2.07. The molecule has 0 aliphatic heterocycles. The van der Waals surface area contributed by atoms with E-state index in [9.17, 15) is 4.79 Å². The van der Waals surface area contributed by atoms with Crippen LogP contribution in [-0.4, -0.2) is 24.2 Å². The number of hydrogen-bond acceptors (Lipinski definition) is 4. The molecule has 0 atom stereocenters. The number of nitrogens with zero attached hydrogens (tertiary/aromatic N) is 1. The summed E-state index contributed by atoms with van der Waals surface area (Å²) in [6.07, 6.45) is 0. The maximum Gasteiger partial charge on any atom is 0.274 e. The lowest BCUT2D eigenvalue weighted by molar-refractivity contribution is 0.397. The highest BCUT2D eigenvalue weighted by Gasteiger charge is 2.17. The maximum absolute atomic E-state index is 12.1. The van der Waals surface area contributed by atoms with Crippen molar-refractivity contribution >= 4 is 0 Å². The van der Waals surface area contributed by atoms with Crippen molar-refractivity contribution in [3.05, 3.63) is 39.9 Å². The van der Waals surface area contributed by atoms with Crippen LogP contribution in [0.4, 0.5) is 0 Å². The zero-order chi connectivity index (χ0) is 14.0. The molecule has 0 aliphatic rings. The Morgan fingerprint density at radius 3 is 2.21 bits per heavy atom. The van der Waals surface area contributed by atoms with E-state index < -0.39 is 0 Å². The van der Waals surface area contributed by atoms with Crippen molar-refractivity contribution in [2.24, 2.45) is 0 Å². The van der Waals surface area contributed by atoms with Gasteiger partial charge in [0, 0.05) is 5.69 Å².